The highest BCUT2D eigenvalue weighted by Gasteiger charge is 2.11. The van der Waals surface area contributed by atoms with Gasteiger partial charge in [0.1, 0.15) is 16.5 Å². The van der Waals surface area contributed by atoms with Crippen LogP contribution in [-0.4, -0.2) is 4.99 Å². The molecule has 0 unspecified atom stereocenters. The Balaban J connectivity index is 2.37. The Morgan fingerprint density at radius 1 is 1.17 bits per heavy atom. The van der Waals surface area contributed by atoms with Gasteiger partial charge in [-0.05, 0) is 47.1 Å². The van der Waals surface area contributed by atoms with Gasteiger partial charge in [-0.15, -0.1) is 0 Å². The first kappa shape index (κ1) is 13.1. The second-order valence-electron chi connectivity index (χ2n) is 3.89. The average molecular weight is 322 g/mol. The van der Waals surface area contributed by atoms with Crippen molar-refractivity contribution in [3.8, 4) is 11.5 Å². The zero-order chi connectivity index (χ0) is 13.1. The van der Waals surface area contributed by atoms with Crippen molar-refractivity contribution in [2.45, 2.75) is 6.92 Å². The van der Waals surface area contributed by atoms with Gasteiger partial charge < -0.3 is 10.5 Å². The van der Waals surface area contributed by atoms with Crippen LogP contribution in [0.25, 0.3) is 0 Å². The molecule has 4 heteroatoms. The lowest BCUT2D eigenvalue weighted by atomic mass is 10.2. The van der Waals surface area contributed by atoms with Gasteiger partial charge in [0.25, 0.3) is 0 Å². The first-order chi connectivity index (χ1) is 8.58. The lowest BCUT2D eigenvalue weighted by molar-refractivity contribution is 0.481. The van der Waals surface area contributed by atoms with E-state index < -0.39 is 0 Å². The average Bonchev–Trinajstić information content (AvgIpc) is 2.32. The second-order valence-corrected chi connectivity index (χ2v) is 5.19. The predicted octanol–water partition coefficient (Wildman–Crippen LogP) is 4.18. The highest BCUT2D eigenvalue weighted by molar-refractivity contribution is 9.10. The van der Waals surface area contributed by atoms with Crippen LogP contribution in [0.15, 0.2) is 46.9 Å². The second kappa shape index (κ2) is 5.50. The minimum atomic E-state index is 0.310. The van der Waals surface area contributed by atoms with Crippen LogP contribution in [0.4, 0.5) is 0 Å². The van der Waals surface area contributed by atoms with Gasteiger partial charge in [0, 0.05) is 4.47 Å². The molecule has 0 radical (unpaired) electrons. The van der Waals surface area contributed by atoms with Crippen LogP contribution in [-0.2, 0) is 0 Å². The molecule has 92 valence electrons. The van der Waals surface area contributed by atoms with Gasteiger partial charge in [0.15, 0.2) is 0 Å². The molecule has 2 rings (SSSR count). The summed E-state index contributed by atoms with van der Waals surface area (Å²) in [6.45, 7) is 2.03. The molecule has 2 N–H and O–H groups in total. The van der Waals surface area contributed by atoms with Crippen molar-refractivity contribution in [1.82, 2.24) is 0 Å². The number of aryl methyl sites for hydroxylation is 1. The Morgan fingerprint density at radius 3 is 2.44 bits per heavy atom. The summed E-state index contributed by atoms with van der Waals surface area (Å²) in [4.78, 5) is 0.310. The van der Waals surface area contributed by atoms with Crippen molar-refractivity contribution in [2.75, 3.05) is 0 Å². The molecule has 18 heavy (non-hydrogen) atoms. The maximum absolute atomic E-state index is 5.81. The van der Waals surface area contributed by atoms with Gasteiger partial charge in [0.2, 0.25) is 0 Å². The molecule has 0 aliphatic rings. The largest absolute Gasteiger partial charge is 0.457 e. The Kier molecular flexibility index (Phi) is 3.99. The van der Waals surface area contributed by atoms with Crippen molar-refractivity contribution < 1.29 is 4.74 Å². The number of nitrogens with two attached hydrogens (primary N) is 1. The fourth-order valence-electron chi connectivity index (χ4n) is 1.56. The topological polar surface area (TPSA) is 35.2 Å². The lowest BCUT2D eigenvalue weighted by Crippen LogP contribution is -2.11. The normalized spacial score (nSPS) is 10.1. The van der Waals surface area contributed by atoms with Crippen LogP contribution >= 0.6 is 28.1 Å². The Hall–Kier alpha value is -1.39. The molecule has 0 spiro atoms. The predicted molar refractivity (Wildman–Crippen MR) is 81.3 cm³/mol. The van der Waals surface area contributed by atoms with Crippen molar-refractivity contribution in [1.29, 1.82) is 0 Å². The van der Waals surface area contributed by atoms with E-state index in [1.54, 1.807) is 0 Å². The molecule has 0 saturated carbocycles. The van der Waals surface area contributed by atoms with Crippen LogP contribution in [0.3, 0.4) is 0 Å². The van der Waals surface area contributed by atoms with Crippen LogP contribution in [0, 0.1) is 6.92 Å². The third-order valence-corrected chi connectivity index (χ3v) is 3.34. The molecule has 2 aromatic carbocycles. The number of ether oxygens (including phenoxy) is 1. The maximum atomic E-state index is 5.81. The van der Waals surface area contributed by atoms with E-state index in [4.69, 9.17) is 22.7 Å². The zero-order valence-corrected chi connectivity index (χ0v) is 12.2. The molecule has 0 saturated heterocycles. The monoisotopic (exact) mass is 321 g/mol. The molecule has 0 heterocycles. The summed E-state index contributed by atoms with van der Waals surface area (Å²) >= 11 is 8.47. The van der Waals surface area contributed by atoms with E-state index in [9.17, 15) is 0 Å². The summed E-state index contributed by atoms with van der Waals surface area (Å²) in [5, 5.41) is 0. The third-order valence-electron chi connectivity index (χ3n) is 2.47. The summed E-state index contributed by atoms with van der Waals surface area (Å²) in [5.74, 6) is 1.41. The first-order valence-electron chi connectivity index (χ1n) is 5.41. The molecular weight excluding hydrogens is 310 g/mol. The van der Waals surface area contributed by atoms with Crippen molar-refractivity contribution in [3.05, 3.63) is 58.1 Å². The fourth-order valence-corrected chi connectivity index (χ4v) is 2.47. The number of thiocarbonyl (C=S) groups is 1. The minimum Gasteiger partial charge on any atom is -0.457 e. The summed E-state index contributed by atoms with van der Waals surface area (Å²) < 4.78 is 6.64. The zero-order valence-electron chi connectivity index (χ0n) is 9.81. The van der Waals surface area contributed by atoms with Crippen LogP contribution in [0.2, 0.25) is 0 Å². The van der Waals surface area contributed by atoms with Crippen molar-refractivity contribution in [2.24, 2.45) is 5.73 Å². The van der Waals surface area contributed by atoms with E-state index in [-0.39, 0.29) is 0 Å². The third kappa shape index (κ3) is 2.89. The van der Waals surface area contributed by atoms with Gasteiger partial charge in [-0.3, -0.25) is 0 Å². The molecule has 0 aliphatic carbocycles. The first-order valence-corrected chi connectivity index (χ1v) is 6.61. The molecule has 0 bridgehead atoms. The number of benzene rings is 2. The van der Waals surface area contributed by atoms with E-state index in [1.807, 2.05) is 49.4 Å². The van der Waals surface area contributed by atoms with Gasteiger partial charge in [-0.2, -0.15) is 0 Å². The van der Waals surface area contributed by atoms with E-state index in [0.717, 1.165) is 10.2 Å². The molecular formula is C14H12BrNOS. The highest BCUT2D eigenvalue weighted by Crippen LogP contribution is 2.30. The standard InChI is InChI=1S/C14H12BrNOS/c1-9-5-7-10(8-6-9)17-12-4-2-3-11(15)13(12)14(16)18/h2-8H,1H3,(H2,16,18). The molecule has 0 fully saturated rings. The summed E-state index contributed by atoms with van der Waals surface area (Å²) in [7, 11) is 0. The molecule has 0 aliphatic heterocycles. The van der Waals surface area contributed by atoms with Gasteiger partial charge in [-0.1, -0.05) is 36.0 Å². The minimum absolute atomic E-state index is 0.310. The van der Waals surface area contributed by atoms with E-state index >= 15 is 0 Å². The number of hydrogen-bond donors (Lipinski definition) is 1. The number of halogens is 1. The van der Waals surface area contributed by atoms with E-state index in [1.165, 1.54) is 5.56 Å². The Morgan fingerprint density at radius 2 is 1.83 bits per heavy atom. The SMILES string of the molecule is Cc1ccc(Oc2cccc(Br)c2C(N)=S)cc1. The number of rotatable bonds is 3. The van der Waals surface area contributed by atoms with Crippen molar-refractivity contribution >= 4 is 33.1 Å². The Labute approximate surface area is 120 Å². The van der Waals surface area contributed by atoms with Crippen molar-refractivity contribution in [3.63, 3.8) is 0 Å². The van der Waals surface area contributed by atoms with Crippen LogP contribution in [0.5, 0.6) is 11.5 Å². The molecule has 0 atom stereocenters. The quantitative estimate of drug-likeness (QED) is 0.861. The van der Waals surface area contributed by atoms with Crippen LogP contribution in [0.1, 0.15) is 11.1 Å². The highest BCUT2D eigenvalue weighted by atomic mass is 79.9. The molecule has 2 nitrogen and oxygen atoms in total. The van der Waals surface area contributed by atoms with Gasteiger partial charge in [-0.25, -0.2) is 0 Å². The summed E-state index contributed by atoms with van der Waals surface area (Å²) in [5.41, 5.74) is 7.62. The number of hydrogen-bond acceptors (Lipinski definition) is 2. The van der Waals surface area contributed by atoms with Crippen LogP contribution < -0.4 is 10.5 Å². The van der Waals surface area contributed by atoms with E-state index in [2.05, 4.69) is 15.9 Å². The smallest absolute Gasteiger partial charge is 0.138 e. The van der Waals surface area contributed by atoms with Gasteiger partial charge >= 0.3 is 0 Å². The molecule has 2 aromatic rings. The summed E-state index contributed by atoms with van der Waals surface area (Å²) in [6.07, 6.45) is 0. The van der Waals surface area contributed by atoms with E-state index in [0.29, 0.717) is 16.3 Å². The maximum Gasteiger partial charge on any atom is 0.138 e. The lowest BCUT2D eigenvalue weighted by Gasteiger charge is -2.11. The van der Waals surface area contributed by atoms with Gasteiger partial charge in [0.05, 0.1) is 5.56 Å². The fraction of sp³-hybridized carbons (Fsp3) is 0.0714. The Bertz CT molecular complexity index is 581. The summed E-state index contributed by atoms with van der Waals surface area (Å²) in [6, 6.07) is 13.4. The molecule has 0 aromatic heterocycles. The molecule has 0 amide bonds.